The Balaban J connectivity index is 1.54. The van der Waals surface area contributed by atoms with Crippen LogP contribution in [0.3, 0.4) is 0 Å². The molecule has 27 heavy (non-hydrogen) atoms. The maximum Gasteiger partial charge on any atom is 0.251 e. The number of fused-ring (bicyclic) bond motifs is 3. The van der Waals surface area contributed by atoms with Gasteiger partial charge in [-0.1, -0.05) is 11.6 Å². The smallest absolute Gasteiger partial charge is 0.251 e. The predicted molar refractivity (Wildman–Crippen MR) is 106 cm³/mol. The molecule has 1 aliphatic rings. The minimum absolute atomic E-state index is 0.0797. The van der Waals surface area contributed by atoms with Crippen molar-refractivity contribution in [1.82, 2.24) is 10.3 Å². The fourth-order valence-corrected chi connectivity index (χ4v) is 3.93. The fraction of sp³-hybridized carbons (Fsp3) is 0.286. The van der Waals surface area contributed by atoms with Crippen LogP contribution < -0.4 is 14.8 Å². The van der Waals surface area contributed by atoms with Crippen molar-refractivity contribution < 1.29 is 14.3 Å². The molecule has 2 N–H and O–H groups in total. The molecule has 3 aromatic rings. The van der Waals surface area contributed by atoms with Gasteiger partial charge in [0.05, 0.1) is 14.2 Å². The Bertz CT molecular complexity index is 1010. The van der Waals surface area contributed by atoms with E-state index in [2.05, 4.69) is 10.3 Å². The zero-order valence-electron chi connectivity index (χ0n) is 15.3. The molecule has 1 heterocycles. The SMILES string of the molecule is COc1ccc(C(=O)NC2CCc3[nH]c4ccc(Cl)cc4c3C2)cc1OC. The number of benzene rings is 2. The van der Waals surface area contributed by atoms with Gasteiger partial charge in [0.25, 0.3) is 5.91 Å². The van der Waals surface area contributed by atoms with E-state index >= 15 is 0 Å². The lowest BCUT2D eigenvalue weighted by Crippen LogP contribution is -2.38. The summed E-state index contributed by atoms with van der Waals surface area (Å²) >= 11 is 6.17. The largest absolute Gasteiger partial charge is 0.493 e. The fourth-order valence-electron chi connectivity index (χ4n) is 3.76. The van der Waals surface area contributed by atoms with Crippen LogP contribution in [-0.4, -0.2) is 31.2 Å². The molecular formula is C21H21ClN2O3. The number of ether oxygens (including phenoxy) is 2. The molecule has 0 aliphatic heterocycles. The number of amides is 1. The van der Waals surface area contributed by atoms with Gasteiger partial charge in [-0.05, 0) is 61.2 Å². The van der Waals surface area contributed by atoms with Gasteiger partial charge in [0.15, 0.2) is 11.5 Å². The highest BCUT2D eigenvalue weighted by Crippen LogP contribution is 2.31. The predicted octanol–water partition coefficient (Wildman–Crippen LogP) is 4.13. The highest BCUT2D eigenvalue weighted by molar-refractivity contribution is 6.31. The third-order valence-corrected chi connectivity index (χ3v) is 5.37. The van der Waals surface area contributed by atoms with Crippen LogP contribution in [0.5, 0.6) is 11.5 Å². The normalized spacial score (nSPS) is 16.0. The number of H-pyrrole nitrogens is 1. The summed E-state index contributed by atoms with van der Waals surface area (Å²) in [5, 5.41) is 5.02. The van der Waals surface area contributed by atoms with Gasteiger partial charge in [-0.2, -0.15) is 0 Å². The van der Waals surface area contributed by atoms with Gasteiger partial charge in [0.1, 0.15) is 0 Å². The number of nitrogens with one attached hydrogen (secondary N) is 2. The van der Waals surface area contributed by atoms with Crippen LogP contribution in [0, 0.1) is 0 Å². The second kappa shape index (κ2) is 7.16. The molecule has 1 atom stereocenters. The molecule has 2 aromatic carbocycles. The van der Waals surface area contributed by atoms with Crippen LogP contribution in [0.25, 0.3) is 10.9 Å². The van der Waals surface area contributed by atoms with Crippen molar-refractivity contribution in [3.8, 4) is 11.5 Å². The van der Waals surface area contributed by atoms with E-state index in [1.807, 2.05) is 18.2 Å². The average molecular weight is 385 g/mol. The summed E-state index contributed by atoms with van der Waals surface area (Å²) in [5.74, 6) is 1.04. The first-order chi connectivity index (χ1) is 13.1. The molecule has 4 rings (SSSR count). The third-order valence-electron chi connectivity index (χ3n) is 5.13. The van der Waals surface area contributed by atoms with E-state index in [1.54, 1.807) is 32.4 Å². The summed E-state index contributed by atoms with van der Waals surface area (Å²) in [6.45, 7) is 0. The van der Waals surface area contributed by atoms with Crippen molar-refractivity contribution in [2.24, 2.45) is 0 Å². The molecule has 5 nitrogen and oxygen atoms in total. The Labute approximate surface area is 162 Å². The summed E-state index contributed by atoms with van der Waals surface area (Å²) in [4.78, 5) is 16.2. The van der Waals surface area contributed by atoms with Gasteiger partial charge in [0, 0.05) is 33.2 Å². The first kappa shape index (κ1) is 17.7. The monoisotopic (exact) mass is 384 g/mol. The molecule has 1 aliphatic carbocycles. The van der Waals surface area contributed by atoms with E-state index in [0.29, 0.717) is 17.1 Å². The zero-order valence-corrected chi connectivity index (χ0v) is 16.0. The second-order valence-corrected chi connectivity index (χ2v) is 7.19. The Morgan fingerprint density at radius 3 is 2.74 bits per heavy atom. The highest BCUT2D eigenvalue weighted by atomic mass is 35.5. The number of aryl methyl sites for hydroxylation is 1. The van der Waals surface area contributed by atoms with Crippen molar-refractivity contribution in [2.75, 3.05) is 14.2 Å². The van der Waals surface area contributed by atoms with Gasteiger partial charge in [-0.15, -0.1) is 0 Å². The van der Waals surface area contributed by atoms with E-state index in [-0.39, 0.29) is 11.9 Å². The first-order valence-corrected chi connectivity index (χ1v) is 9.28. The van der Waals surface area contributed by atoms with Crippen molar-refractivity contribution in [2.45, 2.75) is 25.3 Å². The summed E-state index contributed by atoms with van der Waals surface area (Å²) in [6, 6.07) is 11.2. The summed E-state index contributed by atoms with van der Waals surface area (Å²) in [5.41, 5.74) is 4.14. The lowest BCUT2D eigenvalue weighted by molar-refractivity contribution is 0.0933. The van der Waals surface area contributed by atoms with Crippen molar-refractivity contribution in [3.63, 3.8) is 0 Å². The Morgan fingerprint density at radius 1 is 1.15 bits per heavy atom. The standard InChI is InChI=1S/C21H21ClN2O3/c1-26-19-8-3-12(9-20(19)27-2)21(25)23-14-5-7-18-16(11-14)15-10-13(22)4-6-17(15)24-18/h3-4,6,8-10,14,24H,5,7,11H2,1-2H3,(H,23,25). The average Bonchev–Trinajstić information content (AvgIpc) is 3.04. The minimum Gasteiger partial charge on any atom is -0.493 e. The van der Waals surface area contributed by atoms with E-state index in [4.69, 9.17) is 21.1 Å². The number of carbonyl (C=O) groups is 1. The van der Waals surface area contributed by atoms with Gasteiger partial charge < -0.3 is 19.8 Å². The Hall–Kier alpha value is -2.66. The Kier molecular flexibility index (Phi) is 4.70. The van der Waals surface area contributed by atoms with Crippen molar-refractivity contribution >= 4 is 28.4 Å². The molecular weight excluding hydrogens is 364 g/mol. The molecule has 6 heteroatoms. The topological polar surface area (TPSA) is 63.3 Å². The molecule has 0 radical (unpaired) electrons. The maximum absolute atomic E-state index is 12.7. The van der Waals surface area contributed by atoms with Gasteiger partial charge >= 0.3 is 0 Å². The lowest BCUT2D eigenvalue weighted by Gasteiger charge is -2.24. The van der Waals surface area contributed by atoms with Crippen LogP contribution in [0.15, 0.2) is 36.4 Å². The molecule has 1 amide bonds. The van der Waals surface area contributed by atoms with E-state index in [1.165, 1.54) is 11.3 Å². The first-order valence-electron chi connectivity index (χ1n) is 8.91. The number of hydrogen-bond donors (Lipinski definition) is 2. The number of hydrogen-bond acceptors (Lipinski definition) is 3. The molecule has 1 unspecified atom stereocenters. The number of aromatic amines is 1. The van der Waals surface area contributed by atoms with Crippen molar-refractivity contribution in [1.29, 1.82) is 0 Å². The van der Waals surface area contributed by atoms with E-state index in [0.717, 1.165) is 35.2 Å². The van der Waals surface area contributed by atoms with Crippen LogP contribution in [0.1, 0.15) is 28.0 Å². The zero-order chi connectivity index (χ0) is 19.0. The molecule has 140 valence electrons. The van der Waals surface area contributed by atoms with E-state index < -0.39 is 0 Å². The van der Waals surface area contributed by atoms with Crippen LogP contribution in [-0.2, 0) is 12.8 Å². The van der Waals surface area contributed by atoms with Crippen LogP contribution in [0.4, 0.5) is 0 Å². The minimum atomic E-state index is -0.109. The second-order valence-electron chi connectivity index (χ2n) is 6.75. The summed E-state index contributed by atoms with van der Waals surface area (Å²) < 4.78 is 10.5. The number of carbonyl (C=O) groups excluding carboxylic acids is 1. The molecule has 0 saturated heterocycles. The number of rotatable bonds is 4. The number of aromatic nitrogens is 1. The van der Waals surface area contributed by atoms with E-state index in [9.17, 15) is 4.79 Å². The molecule has 0 spiro atoms. The molecule has 0 saturated carbocycles. The molecule has 1 aromatic heterocycles. The van der Waals surface area contributed by atoms with Gasteiger partial charge in [0.2, 0.25) is 0 Å². The van der Waals surface area contributed by atoms with Gasteiger partial charge in [-0.25, -0.2) is 0 Å². The van der Waals surface area contributed by atoms with Gasteiger partial charge in [-0.3, -0.25) is 4.79 Å². The number of halogens is 1. The maximum atomic E-state index is 12.7. The number of methoxy groups -OCH3 is 2. The van der Waals surface area contributed by atoms with Crippen molar-refractivity contribution in [3.05, 3.63) is 58.2 Å². The quantitative estimate of drug-likeness (QED) is 0.711. The molecule has 0 bridgehead atoms. The molecule has 0 fully saturated rings. The lowest BCUT2D eigenvalue weighted by atomic mass is 9.91. The summed E-state index contributed by atoms with van der Waals surface area (Å²) in [7, 11) is 3.13. The van der Waals surface area contributed by atoms with Crippen LogP contribution in [0.2, 0.25) is 5.02 Å². The highest BCUT2D eigenvalue weighted by Gasteiger charge is 2.24. The summed E-state index contributed by atoms with van der Waals surface area (Å²) in [6.07, 6.45) is 2.58. The third kappa shape index (κ3) is 3.35. The van der Waals surface area contributed by atoms with Crippen LogP contribution >= 0.6 is 11.6 Å². The Morgan fingerprint density at radius 2 is 1.96 bits per heavy atom.